The molecule has 0 bridgehead atoms. The first kappa shape index (κ1) is 19.0. The van der Waals surface area contributed by atoms with Crippen LogP contribution in [0.15, 0.2) is 29.3 Å². The molecule has 1 amide bonds. The van der Waals surface area contributed by atoms with Crippen LogP contribution in [-0.2, 0) is 4.79 Å². The summed E-state index contributed by atoms with van der Waals surface area (Å²) in [6.07, 6.45) is 1.88. The van der Waals surface area contributed by atoms with E-state index in [4.69, 9.17) is 4.74 Å². The van der Waals surface area contributed by atoms with Crippen molar-refractivity contribution in [3.8, 4) is 5.75 Å². The average molecular weight is 350 g/mol. The lowest BCUT2D eigenvalue weighted by atomic mass is 10.3. The van der Waals surface area contributed by atoms with Crippen LogP contribution >= 0.6 is 0 Å². The van der Waals surface area contributed by atoms with E-state index in [0.29, 0.717) is 31.3 Å². The number of benzene rings is 1. The minimum Gasteiger partial charge on any atom is -0.489 e. The molecule has 0 aliphatic heterocycles. The van der Waals surface area contributed by atoms with Crippen LogP contribution in [0.25, 0.3) is 0 Å². The Morgan fingerprint density at radius 2 is 1.92 bits per heavy atom. The van der Waals surface area contributed by atoms with Crippen molar-refractivity contribution in [3.05, 3.63) is 30.1 Å². The molecule has 138 valence electrons. The Bertz CT molecular complexity index is 573. The Kier molecular flexibility index (Phi) is 7.50. The molecule has 0 saturated heterocycles. The van der Waals surface area contributed by atoms with Crippen molar-refractivity contribution in [1.82, 2.24) is 16.0 Å². The van der Waals surface area contributed by atoms with Gasteiger partial charge in [-0.2, -0.15) is 0 Å². The standard InChI is InChI=1S/C18H27FN4O2/c1-3-20-18(22-11-10-21-17(24)14-4-5-14)23-12-13(2)25-16-8-6-15(19)7-9-16/h6-9,13-14H,3-5,10-12H2,1-2H3,(H,21,24)(H2,20,22,23). The minimum absolute atomic E-state index is 0.143. The highest BCUT2D eigenvalue weighted by Crippen LogP contribution is 2.28. The van der Waals surface area contributed by atoms with E-state index < -0.39 is 0 Å². The second-order valence-electron chi connectivity index (χ2n) is 6.09. The fourth-order valence-corrected chi connectivity index (χ4v) is 2.20. The van der Waals surface area contributed by atoms with Gasteiger partial charge in [0.15, 0.2) is 5.96 Å². The van der Waals surface area contributed by atoms with Gasteiger partial charge in [0.2, 0.25) is 5.91 Å². The lowest BCUT2D eigenvalue weighted by Gasteiger charge is -2.15. The fraction of sp³-hybridized carbons (Fsp3) is 0.556. The van der Waals surface area contributed by atoms with Crippen molar-refractivity contribution >= 4 is 11.9 Å². The molecule has 0 heterocycles. The number of nitrogens with one attached hydrogen (secondary N) is 3. The fourth-order valence-electron chi connectivity index (χ4n) is 2.20. The van der Waals surface area contributed by atoms with E-state index in [2.05, 4.69) is 20.9 Å². The first-order valence-electron chi connectivity index (χ1n) is 8.80. The summed E-state index contributed by atoms with van der Waals surface area (Å²) in [5.74, 6) is 1.38. The zero-order chi connectivity index (χ0) is 18.1. The predicted molar refractivity (Wildman–Crippen MR) is 96.2 cm³/mol. The van der Waals surface area contributed by atoms with E-state index in [0.717, 1.165) is 19.4 Å². The molecule has 1 aromatic rings. The van der Waals surface area contributed by atoms with E-state index in [1.54, 1.807) is 12.1 Å². The molecule has 0 aromatic heterocycles. The molecule has 1 saturated carbocycles. The van der Waals surface area contributed by atoms with Gasteiger partial charge in [-0.1, -0.05) is 0 Å². The molecule has 0 radical (unpaired) electrons. The summed E-state index contributed by atoms with van der Waals surface area (Å²) >= 11 is 0. The van der Waals surface area contributed by atoms with Crippen LogP contribution in [0.5, 0.6) is 5.75 Å². The number of halogens is 1. The van der Waals surface area contributed by atoms with Crippen LogP contribution in [0.1, 0.15) is 26.7 Å². The number of carbonyl (C=O) groups is 1. The maximum atomic E-state index is 12.9. The molecule has 1 fully saturated rings. The summed E-state index contributed by atoms with van der Waals surface area (Å²) < 4.78 is 18.6. The number of hydrogen-bond acceptors (Lipinski definition) is 3. The maximum absolute atomic E-state index is 12.9. The first-order chi connectivity index (χ1) is 12.1. The number of ether oxygens (including phenoxy) is 1. The largest absolute Gasteiger partial charge is 0.489 e. The second kappa shape index (κ2) is 9.86. The Balaban J connectivity index is 1.71. The normalized spacial score (nSPS) is 15.4. The third kappa shape index (κ3) is 7.41. The Hall–Kier alpha value is -2.31. The van der Waals surface area contributed by atoms with Crippen molar-refractivity contribution in [2.75, 3.05) is 26.2 Å². The van der Waals surface area contributed by atoms with Gasteiger partial charge in [0, 0.05) is 25.6 Å². The highest BCUT2D eigenvalue weighted by atomic mass is 19.1. The van der Waals surface area contributed by atoms with Gasteiger partial charge in [-0.15, -0.1) is 0 Å². The van der Waals surface area contributed by atoms with Gasteiger partial charge >= 0.3 is 0 Å². The quantitative estimate of drug-likeness (QED) is 0.360. The highest BCUT2D eigenvalue weighted by molar-refractivity contribution is 5.81. The summed E-state index contributed by atoms with van der Waals surface area (Å²) in [4.78, 5) is 16.0. The molecule has 1 aliphatic rings. The number of aliphatic imine (C=N–C) groups is 1. The lowest BCUT2D eigenvalue weighted by Crippen LogP contribution is -2.42. The second-order valence-corrected chi connectivity index (χ2v) is 6.09. The van der Waals surface area contributed by atoms with Gasteiger partial charge in [0.25, 0.3) is 0 Å². The SMILES string of the molecule is CCNC(=NCC(C)Oc1ccc(F)cc1)NCCNC(=O)C1CC1. The predicted octanol–water partition coefficient (Wildman–Crippen LogP) is 1.67. The lowest BCUT2D eigenvalue weighted by molar-refractivity contribution is -0.122. The smallest absolute Gasteiger partial charge is 0.223 e. The number of guanidine groups is 1. The van der Waals surface area contributed by atoms with E-state index in [1.165, 1.54) is 12.1 Å². The molecule has 1 aliphatic carbocycles. The molecule has 0 spiro atoms. The topological polar surface area (TPSA) is 74.8 Å². The molecule has 1 atom stereocenters. The monoisotopic (exact) mass is 350 g/mol. The third-order valence-corrected chi connectivity index (χ3v) is 3.67. The van der Waals surface area contributed by atoms with Crippen LogP contribution in [0.3, 0.4) is 0 Å². The molecule has 1 unspecified atom stereocenters. The van der Waals surface area contributed by atoms with E-state index in [1.807, 2.05) is 13.8 Å². The molecule has 7 heteroatoms. The Morgan fingerprint density at radius 1 is 1.24 bits per heavy atom. The molecular formula is C18H27FN4O2. The molecule has 3 N–H and O–H groups in total. The molecule has 1 aromatic carbocycles. The number of nitrogens with zero attached hydrogens (tertiary/aromatic N) is 1. The maximum Gasteiger partial charge on any atom is 0.223 e. The number of hydrogen-bond donors (Lipinski definition) is 3. The van der Waals surface area contributed by atoms with Crippen molar-refractivity contribution in [2.24, 2.45) is 10.9 Å². The van der Waals surface area contributed by atoms with Crippen molar-refractivity contribution in [3.63, 3.8) is 0 Å². The minimum atomic E-state index is -0.287. The summed E-state index contributed by atoms with van der Waals surface area (Å²) in [6, 6.07) is 5.93. The zero-order valence-corrected chi connectivity index (χ0v) is 14.8. The highest BCUT2D eigenvalue weighted by Gasteiger charge is 2.28. The summed E-state index contributed by atoms with van der Waals surface area (Å²) in [5, 5.41) is 9.24. The molecular weight excluding hydrogens is 323 g/mol. The van der Waals surface area contributed by atoms with Crippen LogP contribution < -0.4 is 20.7 Å². The first-order valence-corrected chi connectivity index (χ1v) is 8.80. The van der Waals surface area contributed by atoms with Crippen LogP contribution in [0, 0.1) is 11.7 Å². The van der Waals surface area contributed by atoms with Gasteiger partial charge in [-0.25, -0.2) is 9.38 Å². The number of rotatable bonds is 9. The Morgan fingerprint density at radius 3 is 2.56 bits per heavy atom. The Labute approximate surface area is 148 Å². The molecule has 2 rings (SSSR count). The third-order valence-electron chi connectivity index (χ3n) is 3.67. The summed E-state index contributed by atoms with van der Waals surface area (Å²) in [6.45, 7) is 6.28. The van der Waals surface area contributed by atoms with Gasteiger partial charge in [-0.3, -0.25) is 4.79 Å². The summed E-state index contributed by atoms with van der Waals surface area (Å²) in [5.41, 5.74) is 0. The number of carbonyl (C=O) groups excluding carboxylic acids is 1. The van der Waals surface area contributed by atoms with Gasteiger partial charge in [-0.05, 0) is 51.0 Å². The van der Waals surface area contributed by atoms with E-state index in [9.17, 15) is 9.18 Å². The van der Waals surface area contributed by atoms with Gasteiger partial charge < -0.3 is 20.7 Å². The molecule has 25 heavy (non-hydrogen) atoms. The van der Waals surface area contributed by atoms with Crippen LogP contribution in [0.4, 0.5) is 4.39 Å². The van der Waals surface area contributed by atoms with Crippen molar-refractivity contribution in [2.45, 2.75) is 32.8 Å². The number of amides is 1. The van der Waals surface area contributed by atoms with E-state index >= 15 is 0 Å². The van der Waals surface area contributed by atoms with E-state index in [-0.39, 0.29) is 23.7 Å². The van der Waals surface area contributed by atoms with Crippen molar-refractivity contribution < 1.29 is 13.9 Å². The van der Waals surface area contributed by atoms with Gasteiger partial charge in [0.05, 0.1) is 6.54 Å². The molecule has 6 nitrogen and oxygen atoms in total. The van der Waals surface area contributed by atoms with Crippen LogP contribution in [-0.4, -0.2) is 44.1 Å². The van der Waals surface area contributed by atoms with Gasteiger partial charge in [0.1, 0.15) is 17.7 Å². The van der Waals surface area contributed by atoms with Crippen molar-refractivity contribution in [1.29, 1.82) is 0 Å². The zero-order valence-electron chi connectivity index (χ0n) is 14.8. The van der Waals surface area contributed by atoms with Crippen LogP contribution in [0.2, 0.25) is 0 Å². The summed E-state index contributed by atoms with van der Waals surface area (Å²) in [7, 11) is 0. The average Bonchev–Trinajstić information content (AvgIpc) is 3.43.